The number of hydrogen-bond acceptors (Lipinski definition) is 2. The summed E-state index contributed by atoms with van der Waals surface area (Å²) in [5.41, 5.74) is 0. The highest BCUT2D eigenvalue weighted by Crippen LogP contribution is 2.17. The molecule has 1 heterocycles. The first kappa shape index (κ1) is 8.47. The van der Waals surface area contributed by atoms with Crippen LogP contribution in [0.3, 0.4) is 0 Å². The van der Waals surface area contributed by atoms with E-state index in [1.165, 1.54) is 6.08 Å². The highest BCUT2D eigenvalue weighted by atomic mass is 16.1. The first-order chi connectivity index (χ1) is 5.25. The van der Waals surface area contributed by atoms with E-state index < -0.39 is 0 Å². The number of carbonyl (C=O) groups excluding carboxylic acids is 1. The molecule has 1 aliphatic rings. The summed E-state index contributed by atoms with van der Waals surface area (Å²) in [6.07, 6.45) is 3.56. The van der Waals surface area contributed by atoms with Crippen molar-refractivity contribution in [2.24, 2.45) is 5.92 Å². The highest BCUT2D eigenvalue weighted by Gasteiger charge is 2.24. The van der Waals surface area contributed by atoms with E-state index in [0.717, 1.165) is 19.4 Å². The van der Waals surface area contributed by atoms with Gasteiger partial charge in [-0.15, -0.1) is 0 Å². The third kappa shape index (κ3) is 1.90. The molecule has 0 spiro atoms. The second kappa shape index (κ2) is 3.67. The predicted octanol–water partition coefficient (Wildman–Crippen LogP) is 1.13. The predicted molar refractivity (Wildman–Crippen MR) is 45.4 cm³/mol. The van der Waals surface area contributed by atoms with Gasteiger partial charge in [0.1, 0.15) is 0 Å². The van der Waals surface area contributed by atoms with Crippen LogP contribution < -0.4 is 5.32 Å². The zero-order chi connectivity index (χ0) is 8.27. The Morgan fingerprint density at radius 2 is 2.45 bits per heavy atom. The molecular formula is C9H15NO. The normalized spacial score (nSPS) is 31.4. The van der Waals surface area contributed by atoms with Crippen LogP contribution in [0.25, 0.3) is 0 Å². The molecule has 0 radical (unpaired) electrons. The smallest absolute Gasteiger partial charge is 0.159 e. The van der Waals surface area contributed by atoms with Gasteiger partial charge < -0.3 is 5.32 Å². The second-order valence-electron chi connectivity index (χ2n) is 3.10. The van der Waals surface area contributed by atoms with E-state index in [4.69, 9.17) is 0 Å². The molecule has 2 unspecified atom stereocenters. The minimum absolute atomic E-state index is 0.168. The topological polar surface area (TPSA) is 29.1 Å². The summed E-state index contributed by atoms with van der Waals surface area (Å²) in [7, 11) is 0. The molecule has 11 heavy (non-hydrogen) atoms. The molecule has 2 nitrogen and oxygen atoms in total. The number of ketones is 1. The lowest BCUT2D eigenvalue weighted by atomic mass is 9.88. The minimum Gasteiger partial charge on any atom is -0.314 e. The average molecular weight is 153 g/mol. The van der Waals surface area contributed by atoms with Crippen molar-refractivity contribution in [1.29, 1.82) is 0 Å². The molecule has 1 fully saturated rings. The molecule has 0 aromatic carbocycles. The van der Waals surface area contributed by atoms with E-state index in [1.807, 2.05) is 0 Å². The van der Waals surface area contributed by atoms with Crippen LogP contribution in [0.5, 0.6) is 0 Å². The van der Waals surface area contributed by atoms with Crippen LogP contribution >= 0.6 is 0 Å². The van der Waals surface area contributed by atoms with Crippen molar-refractivity contribution >= 4 is 5.78 Å². The van der Waals surface area contributed by atoms with Gasteiger partial charge in [0.2, 0.25) is 0 Å². The van der Waals surface area contributed by atoms with Gasteiger partial charge in [0.15, 0.2) is 5.78 Å². The third-order valence-electron chi connectivity index (χ3n) is 2.33. The molecule has 2 atom stereocenters. The minimum atomic E-state index is 0.168. The van der Waals surface area contributed by atoms with Gasteiger partial charge in [0.25, 0.3) is 0 Å². The van der Waals surface area contributed by atoms with Crippen LogP contribution in [0.4, 0.5) is 0 Å². The van der Waals surface area contributed by atoms with E-state index in [0.29, 0.717) is 6.04 Å². The highest BCUT2D eigenvalue weighted by molar-refractivity contribution is 5.91. The van der Waals surface area contributed by atoms with Gasteiger partial charge in [-0.25, -0.2) is 0 Å². The quantitative estimate of drug-likeness (QED) is 0.602. The molecule has 0 saturated carbocycles. The van der Waals surface area contributed by atoms with Crippen LogP contribution in [-0.4, -0.2) is 18.4 Å². The van der Waals surface area contributed by atoms with Gasteiger partial charge in [0.05, 0.1) is 0 Å². The molecular weight excluding hydrogens is 138 g/mol. The largest absolute Gasteiger partial charge is 0.314 e. The Bertz CT molecular complexity index is 165. The van der Waals surface area contributed by atoms with Crippen molar-refractivity contribution in [3.05, 3.63) is 12.7 Å². The first-order valence-electron chi connectivity index (χ1n) is 4.15. The lowest BCUT2D eigenvalue weighted by Gasteiger charge is -2.27. The van der Waals surface area contributed by atoms with E-state index in [9.17, 15) is 4.79 Å². The number of nitrogens with one attached hydrogen (secondary N) is 1. The Balaban J connectivity index is 2.53. The van der Waals surface area contributed by atoms with E-state index in [-0.39, 0.29) is 11.7 Å². The summed E-state index contributed by atoms with van der Waals surface area (Å²) in [4.78, 5) is 11.2. The first-order valence-corrected chi connectivity index (χ1v) is 4.15. The molecule has 0 bridgehead atoms. The van der Waals surface area contributed by atoms with Crippen LogP contribution in [0, 0.1) is 5.92 Å². The molecule has 1 rings (SSSR count). The molecule has 62 valence electrons. The van der Waals surface area contributed by atoms with Crippen LogP contribution in [0.2, 0.25) is 0 Å². The van der Waals surface area contributed by atoms with Crippen molar-refractivity contribution < 1.29 is 4.79 Å². The fraction of sp³-hybridized carbons (Fsp3) is 0.667. The molecule has 0 aliphatic carbocycles. The van der Waals surface area contributed by atoms with Crippen LogP contribution in [0.15, 0.2) is 12.7 Å². The van der Waals surface area contributed by atoms with Gasteiger partial charge in [0, 0.05) is 12.0 Å². The zero-order valence-corrected chi connectivity index (χ0v) is 6.97. The van der Waals surface area contributed by atoms with Gasteiger partial charge in [-0.3, -0.25) is 4.79 Å². The van der Waals surface area contributed by atoms with Crippen molar-refractivity contribution in [3.63, 3.8) is 0 Å². The lowest BCUT2D eigenvalue weighted by Crippen LogP contribution is -2.42. The fourth-order valence-corrected chi connectivity index (χ4v) is 1.58. The number of hydrogen-bond donors (Lipinski definition) is 1. The van der Waals surface area contributed by atoms with E-state index in [2.05, 4.69) is 18.8 Å². The van der Waals surface area contributed by atoms with Gasteiger partial charge in [-0.1, -0.05) is 6.58 Å². The number of piperidine rings is 1. The summed E-state index contributed by atoms with van der Waals surface area (Å²) in [5.74, 6) is 0.353. The van der Waals surface area contributed by atoms with Crippen LogP contribution in [0.1, 0.15) is 19.8 Å². The summed E-state index contributed by atoms with van der Waals surface area (Å²) >= 11 is 0. The number of carbonyl (C=O) groups is 1. The lowest BCUT2D eigenvalue weighted by molar-refractivity contribution is -0.119. The molecule has 2 heteroatoms. The summed E-state index contributed by atoms with van der Waals surface area (Å²) in [6.45, 7) is 6.60. The summed E-state index contributed by atoms with van der Waals surface area (Å²) < 4.78 is 0. The maximum Gasteiger partial charge on any atom is 0.159 e. The SMILES string of the molecule is C=CC(=O)C1CCCNC1C. The second-order valence-corrected chi connectivity index (χ2v) is 3.10. The fourth-order valence-electron chi connectivity index (χ4n) is 1.58. The molecule has 1 aliphatic heterocycles. The molecule has 0 aromatic rings. The van der Waals surface area contributed by atoms with Crippen LogP contribution in [-0.2, 0) is 4.79 Å². The van der Waals surface area contributed by atoms with Crippen molar-refractivity contribution in [2.75, 3.05) is 6.54 Å². The van der Waals surface area contributed by atoms with Crippen molar-refractivity contribution in [3.8, 4) is 0 Å². The molecule has 0 aromatic heterocycles. The summed E-state index contributed by atoms with van der Waals surface area (Å²) in [5, 5.41) is 3.28. The Hall–Kier alpha value is -0.630. The molecule has 0 amide bonds. The summed E-state index contributed by atoms with van der Waals surface area (Å²) in [6, 6.07) is 0.328. The average Bonchev–Trinajstić information content (AvgIpc) is 2.04. The Morgan fingerprint density at radius 3 is 3.00 bits per heavy atom. The molecule has 1 saturated heterocycles. The zero-order valence-electron chi connectivity index (χ0n) is 6.97. The van der Waals surface area contributed by atoms with Gasteiger partial charge in [-0.2, -0.15) is 0 Å². The Morgan fingerprint density at radius 1 is 1.73 bits per heavy atom. The van der Waals surface area contributed by atoms with Crippen molar-refractivity contribution in [2.45, 2.75) is 25.8 Å². The third-order valence-corrected chi connectivity index (χ3v) is 2.33. The maximum absolute atomic E-state index is 11.2. The van der Waals surface area contributed by atoms with Crippen molar-refractivity contribution in [1.82, 2.24) is 5.32 Å². The molecule has 1 N–H and O–H groups in total. The standard InChI is InChI=1S/C9H15NO/c1-3-9(11)8-5-4-6-10-7(8)2/h3,7-8,10H,1,4-6H2,2H3. The van der Waals surface area contributed by atoms with Gasteiger partial charge >= 0.3 is 0 Å². The van der Waals surface area contributed by atoms with E-state index in [1.54, 1.807) is 0 Å². The van der Waals surface area contributed by atoms with E-state index >= 15 is 0 Å². The Kier molecular flexibility index (Phi) is 2.83. The maximum atomic E-state index is 11.2. The number of allylic oxidation sites excluding steroid dienone is 1. The van der Waals surface area contributed by atoms with Gasteiger partial charge in [-0.05, 0) is 32.4 Å². The Labute approximate surface area is 67.7 Å². The monoisotopic (exact) mass is 153 g/mol. The number of rotatable bonds is 2.